The molecule has 7 nitrogen and oxygen atoms in total. The smallest absolute Gasteiger partial charge is 0.250 e. The second-order valence-electron chi connectivity index (χ2n) is 5.46. The van der Waals surface area contributed by atoms with Gasteiger partial charge in [0.05, 0.1) is 18.2 Å². The number of tetrazole rings is 1. The first-order valence-corrected chi connectivity index (χ1v) is 7.49. The molecule has 0 N–H and O–H groups in total. The standard InChI is InChI=1S/C15H19N7/c1-13(7-8-16)20-9-11-21(12-10-20)15-17-18-19-22(15)14-5-3-2-4-6-14/h2-6,13H,7,9-12H2,1H3. The number of hydrogen-bond acceptors (Lipinski definition) is 6. The molecule has 114 valence electrons. The lowest BCUT2D eigenvalue weighted by molar-refractivity contribution is 0.198. The van der Waals surface area contributed by atoms with E-state index >= 15 is 0 Å². The Kier molecular flexibility index (Phi) is 4.30. The van der Waals surface area contributed by atoms with Gasteiger partial charge in [-0.1, -0.05) is 23.3 Å². The predicted octanol–water partition coefficient (Wildman–Crippen LogP) is 1.09. The van der Waals surface area contributed by atoms with Crippen LogP contribution in [-0.2, 0) is 0 Å². The van der Waals surface area contributed by atoms with Crippen molar-refractivity contribution in [2.75, 3.05) is 31.1 Å². The van der Waals surface area contributed by atoms with Gasteiger partial charge in [-0.15, -0.1) is 0 Å². The number of benzene rings is 1. The van der Waals surface area contributed by atoms with Crippen molar-refractivity contribution < 1.29 is 0 Å². The van der Waals surface area contributed by atoms with E-state index in [9.17, 15) is 0 Å². The molecule has 1 atom stereocenters. The van der Waals surface area contributed by atoms with E-state index in [1.807, 2.05) is 30.3 Å². The fourth-order valence-electron chi connectivity index (χ4n) is 2.74. The Morgan fingerprint density at radius 1 is 1.18 bits per heavy atom. The molecule has 3 rings (SSSR count). The van der Waals surface area contributed by atoms with Gasteiger partial charge in [0, 0.05) is 32.2 Å². The Labute approximate surface area is 129 Å². The Morgan fingerprint density at radius 2 is 1.91 bits per heavy atom. The fourth-order valence-corrected chi connectivity index (χ4v) is 2.74. The molecule has 0 radical (unpaired) electrons. The van der Waals surface area contributed by atoms with Gasteiger partial charge in [-0.25, -0.2) is 0 Å². The highest BCUT2D eigenvalue weighted by Gasteiger charge is 2.24. The van der Waals surface area contributed by atoms with Crippen LogP contribution in [0.3, 0.4) is 0 Å². The van der Waals surface area contributed by atoms with E-state index in [4.69, 9.17) is 5.26 Å². The van der Waals surface area contributed by atoms with Crippen LogP contribution in [0.25, 0.3) is 5.69 Å². The molecule has 1 aliphatic rings. The first kappa shape index (κ1) is 14.5. The van der Waals surface area contributed by atoms with Gasteiger partial charge in [-0.2, -0.15) is 9.94 Å². The van der Waals surface area contributed by atoms with Gasteiger partial charge < -0.3 is 4.90 Å². The minimum absolute atomic E-state index is 0.303. The van der Waals surface area contributed by atoms with E-state index in [0.29, 0.717) is 12.5 Å². The molecule has 1 fully saturated rings. The third-order valence-electron chi connectivity index (χ3n) is 4.06. The average Bonchev–Trinajstić information content (AvgIpc) is 3.06. The van der Waals surface area contributed by atoms with Gasteiger partial charge in [0.25, 0.3) is 0 Å². The third kappa shape index (κ3) is 2.92. The summed E-state index contributed by atoms with van der Waals surface area (Å²) in [6.45, 7) is 5.67. The molecule has 0 spiro atoms. The maximum atomic E-state index is 8.82. The SMILES string of the molecule is CC(CC#N)N1CCN(c2nnnn2-c2ccccc2)CC1. The zero-order valence-corrected chi connectivity index (χ0v) is 12.6. The molecule has 2 heterocycles. The van der Waals surface area contributed by atoms with Gasteiger partial charge in [0.2, 0.25) is 5.95 Å². The molecule has 0 bridgehead atoms. The van der Waals surface area contributed by atoms with E-state index in [1.54, 1.807) is 4.68 Å². The summed E-state index contributed by atoms with van der Waals surface area (Å²) in [5, 5.41) is 20.9. The quantitative estimate of drug-likeness (QED) is 0.841. The normalized spacial score (nSPS) is 17.2. The van der Waals surface area contributed by atoms with Crippen LogP contribution in [0.2, 0.25) is 0 Å². The number of para-hydroxylation sites is 1. The minimum atomic E-state index is 0.303. The largest absolute Gasteiger partial charge is 0.337 e. The summed E-state index contributed by atoms with van der Waals surface area (Å²) in [6, 6.07) is 12.5. The van der Waals surface area contributed by atoms with Crippen molar-refractivity contribution in [2.45, 2.75) is 19.4 Å². The highest BCUT2D eigenvalue weighted by atomic mass is 15.6. The van der Waals surface area contributed by atoms with Crippen LogP contribution >= 0.6 is 0 Å². The fraction of sp³-hybridized carbons (Fsp3) is 0.467. The third-order valence-corrected chi connectivity index (χ3v) is 4.06. The van der Waals surface area contributed by atoms with E-state index in [0.717, 1.165) is 37.8 Å². The second kappa shape index (κ2) is 6.54. The average molecular weight is 297 g/mol. The zero-order chi connectivity index (χ0) is 15.4. The second-order valence-corrected chi connectivity index (χ2v) is 5.46. The highest BCUT2D eigenvalue weighted by molar-refractivity contribution is 5.40. The van der Waals surface area contributed by atoms with E-state index in [1.165, 1.54) is 0 Å². The molecule has 1 aromatic heterocycles. The summed E-state index contributed by atoms with van der Waals surface area (Å²) in [5.41, 5.74) is 0.961. The van der Waals surface area contributed by atoms with E-state index in [2.05, 4.69) is 38.3 Å². The van der Waals surface area contributed by atoms with Crippen molar-refractivity contribution >= 4 is 5.95 Å². The Balaban J connectivity index is 1.70. The zero-order valence-electron chi connectivity index (χ0n) is 12.6. The molecule has 1 aromatic carbocycles. The lowest BCUT2D eigenvalue weighted by Gasteiger charge is -2.37. The first-order valence-electron chi connectivity index (χ1n) is 7.49. The number of nitriles is 1. The van der Waals surface area contributed by atoms with Gasteiger partial charge in [-0.3, -0.25) is 4.90 Å². The predicted molar refractivity (Wildman–Crippen MR) is 82.6 cm³/mol. The first-order chi connectivity index (χ1) is 10.8. The van der Waals surface area contributed by atoms with Crippen LogP contribution in [-0.4, -0.2) is 57.3 Å². The number of aromatic nitrogens is 4. The maximum absolute atomic E-state index is 8.82. The summed E-state index contributed by atoms with van der Waals surface area (Å²) in [4.78, 5) is 4.54. The lowest BCUT2D eigenvalue weighted by Crippen LogP contribution is -2.50. The number of piperazine rings is 1. The summed E-state index contributed by atoms with van der Waals surface area (Å²) in [5.74, 6) is 0.777. The van der Waals surface area contributed by atoms with Crippen molar-refractivity contribution in [1.82, 2.24) is 25.1 Å². The van der Waals surface area contributed by atoms with Crippen molar-refractivity contribution in [3.05, 3.63) is 30.3 Å². The van der Waals surface area contributed by atoms with Gasteiger partial charge in [0.15, 0.2) is 0 Å². The number of anilines is 1. The number of hydrogen-bond donors (Lipinski definition) is 0. The van der Waals surface area contributed by atoms with Crippen LogP contribution < -0.4 is 4.90 Å². The minimum Gasteiger partial charge on any atom is -0.337 e. The molecule has 0 saturated carbocycles. The number of rotatable bonds is 4. The summed E-state index contributed by atoms with van der Waals surface area (Å²) in [7, 11) is 0. The van der Waals surface area contributed by atoms with Crippen LogP contribution in [0.1, 0.15) is 13.3 Å². The van der Waals surface area contributed by atoms with Crippen molar-refractivity contribution in [3.8, 4) is 11.8 Å². The molecule has 7 heteroatoms. The highest BCUT2D eigenvalue weighted by Crippen LogP contribution is 2.18. The molecule has 1 saturated heterocycles. The van der Waals surface area contributed by atoms with Crippen LogP contribution in [0.4, 0.5) is 5.95 Å². The van der Waals surface area contributed by atoms with Crippen LogP contribution in [0, 0.1) is 11.3 Å². The molecule has 0 amide bonds. The van der Waals surface area contributed by atoms with Crippen LogP contribution in [0.5, 0.6) is 0 Å². The van der Waals surface area contributed by atoms with Gasteiger partial charge in [0.1, 0.15) is 0 Å². The summed E-state index contributed by atoms with van der Waals surface area (Å²) in [6.07, 6.45) is 0.571. The monoisotopic (exact) mass is 297 g/mol. The van der Waals surface area contributed by atoms with E-state index in [-0.39, 0.29) is 0 Å². The lowest BCUT2D eigenvalue weighted by atomic mass is 10.2. The Bertz CT molecular complexity index is 637. The topological polar surface area (TPSA) is 73.9 Å². The summed E-state index contributed by atoms with van der Waals surface area (Å²) >= 11 is 0. The molecule has 1 aliphatic heterocycles. The molecule has 22 heavy (non-hydrogen) atoms. The summed E-state index contributed by atoms with van der Waals surface area (Å²) < 4.78 is 1.77. The van der Waals surface area contributed by atoms with Crippen molar-refractivity contribution in [2.24, 2.45) is 0 Å². The van der Waals surface area contributed by atoms with Gasteiger partial charge in [-0.05, 0) is 29.5 Å². The number of nitrogens with zero attached hydrogens (tertiary/aromatic N) is 7. The maximum Gasteiger partial charge on any atom is 0.250 e. The molecule has 0 aliphatic carbocycles. The van der Waals surface area contributed by atoms with Crippen LogP contribution in [0.15, 0.2) is 30.3 Å². The Morgan fingerprint density at radius 3 is 2.59 bits per heavy atom. The molecular weight excluding hydrogens is 278 g/mol. The van der Waals surface area contributed by atoms with Gasteiger partial charge >= 0.3 is 0 Å². The van der Waals surface area contributed by atoms with E-state index < -0.39 is 0 Å². The molecule has 1 unspecified atom stereocenters. The molecular formula is C15H19N7. The molecule has 2 aromatic rings. The van der Waals surface area contributed by atoms with Crippen molar-refractivity contribution in [1.29, 1.82) is 5.26 Å². The Hall–Kier alpha value is -2.46. The van der Waals surface area contributed by atoms with Crippen molar-refractivity contribution in [3.63, 3.8) is 0 Å².